The van der Waals surface area contributed by atoms with Crippen molar-refractivity contribution in [2.24, 2.45) is 0 Å². The van der Waals surface area contributed by atoms with Crippen molar-refractivity contribution in [3.63, 3.8) is 0 Å². The summed E-state index contributed by atoms with van der Waals surface area (Å²) in [5.74, 6) is 0.110. The smallest absolute Gasteiger partial charge is 0.239 e. The Morgan fingerprint density at radius 3 is 2.95 bits per heavy atom. The molecule has 0 saturated carbocycles. The second-order valence-electron chi connectivity index (χ2n) is 5.31. The monoisotopic (exact) mass is 261 g/mol. The lowest BCUT2D eigenvalue weighted by molar-refractivity contribution is -0.119. The maximum absolute atomic E-state index is 11.9. The van der Waals surface area contributed by atoms with Crippen LogP contribution in [0.2, 0.25) is 0 Å². The van der Waals surface area contributed by atoms with Crippen LogP contribution >= 0.6 is 0 Å². The molecule has 0 radical (unpaired) electrons. The van der Waals surface area contributed by atoms with E-state index < -0.39 is 0 Å². The van der Waals surface area contributed by atoms with Crippen molar-refractivity contribution in [2.45, 2.75) is 12.8 Å². The second kappa shape index (κ2) is 6.57. The van der Waals surface area contributed by atoms with Gasteiger partial charge < -0.3 is 15.1 Å². The highest BCUT2D eigenvalue weighted by atomic mass is 16.2. The average molecular weight is 261 g/mol. The van der Waals surface area contributed by atoms with Crippen molar-refractivity contribution >= 4 is 11.6 Å². The van der Waals surface area contributed by atoms with Gasteiger partial charge in [0.1, 0.15) is 0 Å². The molecule has 4 heteroatoms. The van der Waals surface area contributed by atoms with E-state index in [9.17, 15) is 4.79 Å². The van der Waals surface area contributed by atoms with E-state index in [0.29, 0.717) is 13.1 Å². The number of nitrogens with zero attached hydrogens (tertiary/aromatic N) is 2. The molecule has 1 heterocycles. The number of likely N-dealkylation sites (N-methyl/N-ethyl adjacent to an activating group) is 1. The molecule has 0 aliphatic carbocycles. The Bertz CT molecular complexity index is 431. The largest absolute Gasteiger partial charge is 0.362 e. The number of aryl methyl sites for hydroxylation is 1. The number of fused-ring (bicyclic) bond motifs is 1. The quantitative estimate of drug-likeness (QED) is 0.862. The zero-order valence-corrected chi connectivity index (χ0v) is 11.9. The second-order valence-corrected chi connectivity index (χ2v) is 5.31. The highest BCUT2D eigenvalue weighted by Gasteiger charge is 2.18. The van der Waals surface area contributed by atoms with Crippen LogP contribution in [0, 0.1) is 0 Å². The molecule has 0 bridgehead atoms. The first-order chi connectivity index (χ1) is 9.16. The molecule has 104 valence electrons. The van der Waals surface area contributed by atoms with Gasteiger partial charge in [-0.1, -0.05) is 18.2 Å². The van der Waals surface area contributed by atoms with Gasteiger partial charge in [-0.25, -0.2) is 0 Å². The van der Waals surface area contributed by atoms with Gasteiger partial charge in [0, 0.05) is 25.3 Å². The fourth-order valence-electron chi connectivity index (χ4n) is 2.42. The fraction of sp³-hybridized carbons (Fsp3) is 0.533. The number of carbonyl (C=O) groups excluding carboxylic acids is 1. The Kier molecular flexibility index (Phi) is 4.80. The van der Waals surface area contributed by atoms with E-state index in [1.807, 2.05) is 20.2 Å². The van der Waals surface area contributed by atoms with Crippen LogP contribution in [0.3, 0.4) is 0 Å². The molecule has 1 N–H and O–H groups in total. The van der Waals surface area contributed by atoms with E-state index in [0.717, 1.165) is 25.9 Å². The van der Waals surface area contributed by atoms with Crippen molar-refractivity contribution in [2.75, 3.05) is 45.2 Å². The normalized spacial score (nSPS) is 14.4. The van der Waals surface area contributed by atoms with Crippen molar-refractivity contribution in [3.8, 4) is 0 Å². The van der Waals surface area contributed by atoms with E-state index >= 15 is 0 Å². The van der Waals surface area contributed by atoms with Crippen LogP contribution in [-0.4, -0.2) is 51.1 Å². The number of hydrogen-bond donors (Lipinski definition) is 1. The average Bonchev–Trinajstić information content (AvgIpc) is 2.39. The molecule has 0 saturated heterocycles. The number of amides is 1. The number of benzene rings is 1. The number of anilines is 1. The lowest BCUT2D eigenvalue weighted by Crippen LogP contribution is -2.41. The molecule has 0 unspecified atom stereocenters. The van der Waals surface area contributed by atoms with E-state index in [1.54, 1.807) is 0 Å². The SMILES string of the molecule is CN(C)CCNC(=O)CN1CCCc2ccccc21. The molecule has 1 aromatic rings. The van der Waals surface area contributed by atoms with Crippen LogP contribution in [0.4, 0.5) is 5.69 Å². The van der Waals surface area contributed by atoms with Gasteiger partial charge in [0.25, 0.3) is 0 Å². The van der Waals surface area contributed by atoms with Gasteiger partial charge in [0.05, 0.1) is 6.54 Å². The molecule has 2 rings (SSSR count). The number of hydrogen-bond acceptors (Lipinski definition) is 3. The molecule has 1 amide bonds. The van der Waals surface area contributed by atoms with Crippen LogP contribution in [0.1, 0.15) is 12.0 Å². The molecule has 1 aliphatic heterocycles. The fourth-order valence-corrected chi connectivity index (χ4v) is 2.42. The third kappa shape index (κ3) is 3.96. The molecule has 0 aromatic heterocycles. The highest BCUT2D eigenvalue weighted by Crippen LogP contribution is 2.25. The summed E-state index contributed by atoms with van der Waals surface area (Å²) in [7, 11) is 4.01. The van der Waals surface area contributed by atoms with E-state index in [4.69, 9.17) is 0 Å². The molecule has 1 aromatic carbocycles. The summed E-state index contributed by atoms with van der Waals surface area (Å²) in [6.45, 7) is 3.02. The first-order valence-corrected chi connectivity index (χ1v) is 6.91. The Morgan fingerprint density at radius 2 is 2.16 bits per heavy atom. The maximum Gasteiger partial charge on any atom is 0.239 e. The molecule has 19 heavy (non-hydrogen) atoms. The van der Waals surface area contributed by atoms with Gasteiger partial charge in [-0.05, 0) is 38.6 Å². The van der Waals surface area contributed by atoms with Crippen molar-refractivity contribution in [3.05, 3.63) is 29.8 Å². The van der Waals surface area contributed by atoms with Crippen molar-refractivity contribution < 1.29 is 4.79 Å². The topological polar surface area (TPSA) is 35.6 Å². The number of rotatable bonds is 5. The summed E-state index contributed by atoms with van der Waals surface area (Å²) in [6, 6.07) is 8.38. The van der Waals surface area contributed by atoms with E-state index in [-0.39, 0.29) is 5.91 Å². The Balaban J connectivity index is 1.88. The molecule has 4 nitrogen and oxygen atoms in total. The number of nitrogens with one attached hydrogen (secondary N) is 1. The summed E-state index contributed by atoms with van der Waals surface area (Å²) in [4.78, 5) is 16.2. The van der Waals surface area contributed by atoms with Crippen LogP contribution in [0.5, 0.6) is 0 Å². The van der Waals surface area contributed by atoms with Gasteiger partial charge in [-0.15, -0.1) is 0 Å². The highest BCUT2D eigenvalue weighted by molar-refractivity contribution is 5.81. The minimum Gasteiger partial charge on any atom is -0.362 e. The molecule has 1 aliphatic rings. The third-order valence-corrected chi connectivity index (χ3v) is 3.42. The summed E-state index contributed by atoms with van der Waals surface area (Å²) < 4.78 is 0. The molecule has 0 fully saturated rings. The number of para-hydroxylation sites is 1. The standard InChI is InChI=1S/C15H23N3O/c1-17(2)11-9-16-15(19)12-18-10-5-7-13-6-3-4-8-14(13)18/h3-4,6,8H,5,7,9-12H2,1-2H3,(H,16,19). The Hall–Kier alpha value is -1.55. The summed E-state index contributed by atoms with van der Waals surface area (Å²) >= 11 is 0. The van der Waals surface area contributed by atoms with Crippen LogP contribution in [0.15, 0.2) is 24.3 Å². The summed E-state index contributed by atoms with van der Waals surface area (Å²) in [5.41, 5.74) is 2.58. The van der Waals surface area contributed by atoms with Gasteiger partial charge in [0.15, 0.2) is 0 Å². The number of carbonyl (C=O) groups is 1. The lowest BCUT2D eigenvalue weighted by Gasteiger charge is -2.30. The molecule has 0 spiro atoms. The molecule has 0 atom stereocenters. The maximum atomic E-state index is 11.9. The predicted molar refractivity (Wildman–Crippen MR) is 78.5 cm³/mol. The van der Waals surface area contributed by atoms with Gasteiger partial charge in [-0.3, -0.25) is 4.79 Å². The zero-order valence-electron chi connectivity index (χ0n) is 11.9. The van der Waals surface area contributed by atoms with Crippen LogP contribution < -0.4 is 10.2 Å². The van der Waals surface area contributed by atoms with Crippen molar-refractivity contribution in [1.82, 2.24) is 10.2 Å². The summed E-state index contributed by atoms with van der Waals surface area (Å²) in [5, 5.41) is 2.97. The van der Waals surface area contributed by atoms with E-state index in [1.165, 1.54) is 11.3 Å². The molecular weight excluding hydrogens is 238 g/mol. The van der Waals surface area contributed by atoms with Crippen LogP contribution in [-0.2, 0) is 11.2 Å². The molecular formula is C15H23N3O. The Labute approximate surface area is 115 Å². The van der Waals surface area contributed by atoms with Gasteiger partial charge in [0.2, 0.25) is 5.91 Å². The predicted octanol–water partition coefficient (Wildman–Crippen LogP) is 1.12. The van der Waals surface area contributed by atoms with E-state index in [2.05, 4.69) is 33.3 Å². The van der Waals surface area contributed by atoms with Crippen LogP contribution in [0.25, 0.3) is 0 Å². The van der Waals surface area contributed by atoms with Crippen molar-refractivity contribution in [1.29, 1.82) is 0 Å². The Morgan fingerprint density at radius 1 is 1.37 bits per heavy atom. The minimum absolute atomic E-state index is 0.110. The van der Waals surface area contributed by atoms with Gasteiger partial charge >= 0.3 is 0 Å². The zero-order chi connectivity index (χ0) is 13.7. The third-order valence-electron chi connectivity index (χ3n) is 3.42. The minimum atomic E-state index is 0.110. The van der Waals surface area contributed by atoms with Gasteiger partial charge in [-0.2, -0.15) is 0 Å². The first kappa shape index (κ1) is 13.9. The summed E-state index contributed by atoms with van der Waals surface area (Å²) in [6.07, 6.45) is 2.25. The first-order valence-electron chi connectivity index (χ1n) is 6.91. The lowest BCUT2D eigenvalue weighted by atomic mass is 10.0.